The topological polar surface area (TPSA) is 29.5 Å². The largest absolute Gasteiger partial charge is 0.386 e. The Hall–Kier alpha value is -0.860. The minimum absolute atomic E-state index is 0.352. The monoisotopic (exact) mass is 208 g/mol. The Morgan fingerprint density at radius 2 is 2.07 bits per heavy atom. The van der Waals surface area contributed by atoms with E-state index >= 15 is 0 Å². The first-order valence-corrected chi connectivity index (χ1v) is 5.39. The fourth-order valence-electron chi connectivity index (χ4n) is 1.65. The molecule has 0 amide bonds. The lowest BCUT2D eigenvalue weighted by Gasteiger charge is -2.12. The maximum absolute atomic E-state index is 9.75. The van der Waals surface area contributed by atoms with Crippen LogP contribution in [0.3, 0.4) is 0 Å². The number of aliphatic hydroxyl groups is 1. The molecule has 2 nitrogen and oxygen atoms in total. The van der Waals surface area contributed by atoms with Crippen molar-refractivity contribution in [2.24, 2.45) is 5.92 Å². The standard InChI is InChI=1S/C13H20O2/c1-10(2)7-11-5-4-6-12(8-11)13(14)9-15-3/h4-6,8,10,13-14H,7,9H2,1-3H3. The zero-order chi connectivity index (χ0) is 11.3. The van der Waals surface area contributed by atoms with Crippen molar-refractivity contribution in [1.29, 1.82) is 0 Å². The van der Waals surface area contributed by atoms with Crippen LogP contribution >= 0.6 is 0 Å². The van der Waals surface area contributed by atoms with E-state index in [1.807, 2.05) is 12.1 Å². The average Bonchev–Trinajstić information content (AvgIpc) is 2.17. The lowest BCUT2D eigenvalue weighted by atomic mass is 9.99. The molecule has 1 N–H and O–H groups in total. The van der Waals surface area contributed by atoms with Crippen molar-refractivity contribution in [1.82, 2.24) is 0 Å². The van der Waals surface area contributed by atoms with Crippen molar-refractivity contribution in [3.8, 4) is 0 Å². The maximum atomic E-state index is 9.75. The molecule has 0 aromatic heterocycles. The molecule has 0 aliphatic carbocycles. The van der Waals surface area contributed by atoms with E-state index in [-0.39, 0.29) is 0 Å². The molecule has 1 aromatic carbocycles. The number of ether oxygens (including phenoxy) is 1. The summed E-state index contributed by atoms with van der Waals surface area (Å²) in [5.41, 5.74) is 2.22. The van der Waals surface area contributed by atoms with E-state index in [0.29, 0.717) is 12.5 Å². The fourth-order valence-corrected chi connectivity index (χ4v) is 1.65. The van der Waals surface area contributed by atoms with Crippen LogP contribution < -0.4 is 0 Å². The molecular weight excluding hydrogens is 188 g/mol. The second-order valence-electron chi connectivity index (χ2n) is 4.31. The van der Waals surface area contributed by atoms with E-state index in [2.05, 4.69) is 26.0 Å². The van der Waals surface area contributed by atoms with Gasteiger partial charge in [-0.15, -0.1) is 0 Å². The zero-order valence-corrected chi connectivity index (χ0v) is 9.73. The minimum Gasteiger partial charge on any atom is -0.386 e. The predicted molar refractivity (Wildman–Crippen MR) is 61.8 cm³/mol. The van der Waals surface area contributed by atoms with E-state index in [0.717, 1.165) is 12.0 Å². The molecule has 15 heavy (non-hydrogen) atoms. The Morgan fingerprint density at radius 3 is 2.67 bits per heavy atom. The van der Waals surface area contributed by atoms with Crippen LogP contribution in [-0.2, 0) is 11.2 Å². The second-order valence-corrected chi connectivity index (χ2v) is 4.31. The van der Waals surface area contributed by atoms with Crippen molar-refractivity contribution in [2.75, 3.05) is 13.7 Å². The molecule has 0 saturated heterocycles. The lowest BCUT2D eigenvalue weighted by Crippen LogP contribution is -2.05. The summed E-state index contributed by atoms with van der Waals surface area (Å²) < 4.78 is 4.93. The molecule has 1 rings (SSSR count). The maximum Gasteiger partial charge on any atom is 0.102 e. The Labute approximate surface area is 91.9 Å². The fraction of sp³-hybridized carbons (Fsp3) is 0.538. The van der Waals surface area contributed by atoms with Crippen molar-refractivity contribution in [3.05, 3.63) is 35.4 Å². The highest BCUT2D eigenvalue weighted by Gasteiger charge is 2.07. The Balaban J connectivity index is 2.73. The van der Waals surface area contributed by atoms with Gasteiger partial charge in [0.2, 0.25) is 0 Å². The molecular formula is C13H20O2. The first kappa shape index (κ1) is 12.2. The Morgan fingerprint density at radius 1 is 1.33 bits per heavy atom. The molecule has 1 aromatic rings. The highest BCUT2D eigenvalue weighted by Crippen LogP contribution is 2.16. The van der Waals surface area contributed by atoms with Gasteiger partial charge in [-0.25, -0.2) is 0 Å². The molecule has 0 fully saturated rings. The van der Waals surface area contributed by atoms with Gasteiger partial charge in [0.05, 0.1) is 6.61 Å². The van der Waals surface area contributed by atoms with Crippen LogP contribution in [0.25, 0.3) is 0 Å². The Bertz CT molecular complexity index is 294. The number of rotatable bonds is 5. The van der Waals surface area contributed by atoms with E-state index in [1.165, 1.54) is 5.56 Å². The van der Waals surface area contributed by atoms with Crippen LogP contribution in [0.5, 0.6) is 0 Å². The van der Waals surface area contributed by atoms with Crippen molar-refractivity contribution in [3.63, 3.8) is 0 Å². The van der Waals surface area contributed by atoms with Crippen LogP contribution in [0, 0.1) is 5.92 Å². The quantitative estimate of drug-likeness (QED) is 0.806. The molecule has 0 heterocycles. The van der Waals surface area contributed by atoms with Crippen molar-refractivity contribution in [2.45, 2.75) is 26.4 Å². The van der Waals surface area contributed by atoms with Gasteiger partial charge in [-0.05, 0) is 23.5 Å². The van der Waals surface area contributed by atoms with E-state index in [9.17, 15) is 5.11 Å². The highest BCUT2D eigenvalue weighted by molar-refractivity contribution is 5.25. The first-order valence-electron chi connectivity index (χ1n) is 5.39. The third-order valence-electron chi connectivity index (χ3n) is 2.30. The molecule has 1 unspecified atom stereocenters. The van der Waals surface area contributed by atoms with E-state index in [1.54, 1.807) is 7.11 Å². The van der Waals surface area contributed by atoms with Gasteiger partial charge in [-0.1, -0.05) is 38.1 Å². The second kappa shape index (κ2) is 5.89. The molecule has 84 valence electrons. The van der Waals surface area contributed by atoms with Crippen LogP contribution in [-0.4, -0.2) is 18.8 Å². The summed E-state index contributed by atoms with van der Waals surface area (Å²) in [5, 5.41) is 9.75. The summed E-state index contributed by atoms with van der Waals surface area (Å²) in [5.74, 6) is 0.639. The van der Waals surface area contributed by atoms with Crippen molar-refractivity contribution >= 4 is 0 Å². The Kier molecular flexibility index (Phi) is 4.79. The third-order valence-corrected chi connectivity index (χ3v) is 2.30. The van der Waals surface area contributed by atoms with Gasteiger partial charge in [0, 0.05) is 7.11 Å². The number of hydrogen-bond donors (Lipinski definition) is 1. The van der Waals surface area contributed by atoms with E-state index < -0.39 is 6.10 Å². The van der Waals surface area contributed by atoms with Crippen LogP contribution in [0.2, 0.25) is 0 Å². The van der Waals surface area contributed by atoms with Gasteiger partial charge in [0.15, 0.2) is 0 Å². The molecule has 0 aliphatic rings. The predicted octanol–water partition coefficient (Wildman–Crippen LogP) is 2.56. The average molecular weight is 208 g/mol. The van der Waals surface area contributed by atoms with Gasteiger partial charge >= 0.3 is 0 Å². The molecule has 0 aliphatic heterocycles. The number of benzene rings is 1. The normalized spacial score (nSPS) is 13.1. The van der Waals surface area contributed by atoms with Crippen molar-refractivity contribution < 1.29 is 9.84 Å². The number of hydrogen-bond acceptors (Lipinski definition) is 2. The molecule has 2 heteroatoms. The van der Waals surface area contributed by atoms with Gasteiger partial charge in [-0.2, -0.15) is 0 Å². The first-order chi connectivity index (χ1) is 7.13. The lowest BCUT2D eigenvalue weighted by molar-refractivity contribution is 0.0643. The molecule has 0 bridgehead atoms. The minimum atomic E-state index is -0.512. The van der Waals surface area contributed by atoms with Gasteiger partial charge in [-0.3, -0.25) is 0 Å². The molecule has 0 radical (unpaired) electrons. The number of methoxy groups -OCH3 is 1. The van der Waals surface area contributed by atoms with Gasteiger partial charge in [0.1, 0.15) is 6.10 Å². The summed E-state index contributed by atoms with van der Waals surface area (Å²) in [7, 11) is 1.60. The number of aliphatic hydroxyl groups excluding tert-OH is 1. The highest BCUT2D eigenvalue weighted by atomic mass is 16.5. The van der Waals surface area contributed by atoms with Crippen LogP contribution in [0.4, 0.5) is 0 Å². The SMILES string of the molecule is COCC(O)c1cccc(CC(C)C)c1. The van der Waals surface area contributed by atoms with Gasteiger partial charge in [0.25, 0.3) is 0 Å². The summed E-state index contributed by atoms with van der Waals surface area (Å²) in [6.07, 6.45) is 0.537. The van der Waals surface area contributed by atoms with Crippen LogP contribution in [0.1, 0.15) is 31.1 Å². The zero-order valence-electron chi connectivity index (χ0n) is 9.73. The van der Waals surface area contributed by atoms with Gasteiger partial charge < -0.3 is 9.84 Å². The molecule has 0 saturated carbocycles. The molecule has 0 spiro atoms. The van der Waals surface area contributed by atoms with E-state index in [4.69, 9.17) is 4.74 Å². The smallest absolute Gasteiger partial charge is 0.102 e. The summed E-state index contributed by atoms with van der Waals surface area (Å²) >= 11 is 0. The summed E-state index contributed by atoms with van der Waals surface area (Å²) in [6, 6.07) is 8.09. The molecule has 1 atom stereocenters. The van der Waals surface area contributed by atoms with Crippen LogP contribution in [0.15, 0.2) is 24.3 Å². The summed E-state index contributed by atoms with van der Waals surface area (Å²) in [4.78, 5) is 0. The summed E-state index contributed by atoms with van der Waals surface area (Å²) in [6.45, 7) is 4.74. The third kappa shape index (κ3) is 4.02.